The number of carbonyl (C=O) groups is 1. The van der Waals surface area contributed by atoms with Crippen molar-refractivity contribution in [2.24, 2.45) is 0 Å². The third-order valence-electron chi connectivity index (χ3n) is 4.72. The second kappa shape index (κ2) is 7.60. The number of amides is 1. The van der Waals surface area contributed by atoms with Gasteiger partial charge < -0.3 is 10.1 Å². The van der Waals surface area contributed by atoms with Crippen LogP contribution in [-0.4, -0.2) is 33.7 Å². The summed E-state index contributed by atoms with van der Waals surface area (Å²) in [4.78, 5) is 12.7. The van der Waals surface area contributed by atoms with Crippen molar-refractivity contribution in [2.45, 2.75) is 26.7 Å². The Morgan fingerprint density at radius 3 is 2.70 bits per heavy atom. The molecule has 3 rings (SSSR count). The zero-order valence-corrected chi connectivity index (χ0v) is 16.6. The predicted octanol–water partition coefficient (Wildman–Crippen LogP) is 3.36. The van der Waals surface area contributed by atoms with Crippen molar-refractivity contribution < 1.29 is 17.9 Å². The van der Waals surface area contributed by atoms with Crippen molar-refractivity contribution >= 4 is 27.3 Å². The Kier molecular flexibility index (Phi) is 5.41. The molecule has 0 saturated carbocycles. The summed E-state index contributed by atoms with van der Waals surface area (Å²) in [5.41, 5.74) is 3.66. The van der Waals surface area contributed by atoms with Crippen molar-refractivity contribution in [1.82, 2.24) is 0 Å². The van der Waals surface area contributed by atoms with E-state index in [1.807, 2.05) is 25.1 Å². The van der Waals surface area contributed by atoms with Crippen molar-refractivity contribution in [2.75, 3.05) is 29.0 Å². The van der Waals surface area contributed by atoms with Gasteiger partial charge in [0.1, 0.15) is 5.75 Å². The Balaban J connectivity index is 1.89. The molecule has 1 aliphatic rings. The maximum Gasteiger partial charge on any atom is 0.255 e. The minimum absolute atomic E-state index is 0.0574. The fraction of sp³-hybridized carbons (Fsp3) is 0.350. The van der Waals surface area contributed by atoms with Crippen LogP contribution in [0.15, 0.2) is 36.4 Å². The van der Waals surface area contributed by atoms with Crippen LogP contribution in [0.25, 0.3) is 0 Å². The van der Waals surface area contributed by atoms with E-state index in [0.29, 0.717) is 29.2 Å². The number of anilines is 2. The molecule has 27 heavy (non-hydrogen) atoms. The maximum absolute atomic E-state index is 12.7. The molecule has 2 aromatic rings. The molecule has 7 heteroatoms. The Labute approximate surface area is 160 Å². The van der Waals surface area contributed by atoms with E-state index in [-0.39, 0.29) is 11.7 Å². The summed E-state index contributed by atoms with van der Waals surface area (Å²) in [6.07, 6.45) is 1.49. The first kappa shape index (κ1) is 19.2. The highest BCUT2D eigenvalue weighted by Gasteiger charge is 2.26. The lowest BCUT2D eigenvalue weighted by Crippen LogP contribution is -2.36. The Morgan fingerprint density at radius 1 is 1.22 bits per heavy atom. The standard InChI is InChI=1S/C20H24N2O4S/c1-4-27(24,25)22-11-5-6-15-13-16(8-9-18(15)22)20(23)21-17-12-14(2)7-10-19(17)26-3/h7-10,12-13H,4-6,11H2,1-3H3,(H,21,23). The van der Waals surface area contributed by atoms with Crippen LogP contribution in [0.5, 0.6) is 5.75 Å². The molecule has 0 fully saturated rings. The Morgan fingerprint density at radius 2 is 2.00 bits per heavy atom. The van der Waals surface area contributed by atoms with Gasteiger partial charge in [0.05, 0.1) is 24.2 Å². The number of fused-ring (bicyclic) bond motifs is 1. The number of hydrogen-bond acceptors (Lipinski definition) is 4. The minimum atomic E-state index is -3.31. The molecular formula is C20H24N2O4S. The maximum atomic E-state index is 12.7. The number of benzene rings is 2. The highest BCUT2D eigenvalue weighted by Crippen LogP contribution is 2.31. The second-order valence-electron chi connectivity index (χ2n) is 6.58. The zero-order valence-electron chi connectivity index (χ0n) is 15.8. The first-order valence-corrected chi connectivity index (χ1v) is 10.6. The van der Waals surface area contributed by atoms with Gasteiger partial charge in [0.15, 0.2) is 0 Å². The number of methoxy groups -OCH3 is 1. The first-order chi connectivity index (χ1) is 12.9. The SMILES string of the molecule is CCS(=O)(=O)N1CCCc2cc(C(=O)Nc3cc(C)ccc3OC)ccc21. The molecule has 2 aromatic carbocycles. The van der Waals surface area contributed by atoms with Crippen LogP contribution in [0.1, 0.15) is 34.8 Å². The van der Waals surface area contributed by atoms with Crippen LogP contribution < -0.4 is 14.4 Å². The molecule has 0 saturated heterocycles. The Bertz CT molecular complexity index is 970. The van der Waals surface area contributed by atoms with Gasteiger partial charge >= 0.3 is 0 Å². The summed E-state index contributed by atoms with van der Waals surface area (Å²) in [6.45, 7) is 4.06. The number of aryl methyl sites for hydroxylation is 2. The molecule has 0 aromatic heterocycles. The average Bonchev–Trinajstić information content (AvgIpc) is 2.67. The molecular weight excluding hydrogens is 364 g/mol. The molecule has 1 N–H and O–H groups in total. The normalized spacial score (nSPS) is 13.8. The van der Waals surface area contributed by atoms with Crippen molar-refractivity contribution in [3.05, 3.63) is 53.1 Å². The lowest BCUT2D eigenvalue weighted by molar-refractivity contribution is 0.102. The number of rotatable bonds is 5. The molecule has 0 aliphatic carbocycles. The molecule has 144 valence electrons. The summed E-state index contributed by atoms with van der Waals surface area (Å²) in [7, 11) is -1.76. The van der Waals surface area contributed by atoms with Crippen molar-refractivity contribution in [3.8, 4) is 5.75 Å². The van der Waals surface area contributed by atoms with Crippen LogP contribution in [0.4, 0.5) is 11.4 Å². The van der Waals surface area contributed by atoms with Gasteiger partial charge in [0.2, 0.25) is 10.0 Å². The minimum Gasteiger partial charge on any atom is -0.495 e. The van der Waals surface area contributed by atoms with E-state index in [9.17, 15) is 13.2 Å². The first-order valence-electron chi connectivity index (χ1n) is 8.95. The number of nitrogens with zero attached hydrogens (tertiary/aromatic N) is 1. The summed E-state index contributed by atoms with van der Waals surface area (Å²) in [6, 6.07) is 10.8. The molecule has 1 aliphatic heterocycles. The molecule has 0 atom stereocenters. The fourth-order valence-corrected chi connectivity index (χ4v) is 4.46. The van der Waals surface area contributed by atoms with E-state index in [0.717, 1.165) is 24.0 Å². The smallest absolute Gasteiger partial charge is 0.255 e. The van der Waals surface area contributed by atoms with Gasteiger partial charge in [-0.25, -0.2) is 8.42 Å². The van der Waals surface area contributed by atoms with Crippen LogP contribution in [0.3, 0.4) is 0 Å². The molecule has 0 bridgehead atoms. The molecule has 0 radical (unpaired) electrons. The van der Waals surface area contributed by atoms with Gasteiger partial charge in [-0.1, -0.05) is 6.07 Å². The van der Waals surface area contributed by atoms with E-state index in [4.69, 9.17) is 4.74 Å². The lowest BCUT2D eigenvalue weighted by atomic mass is 10.0. The largest absolute Gasteiger partial charge is 0.495 e. The summed E-state index contributed by atoms with van der Waals surface area (Å²) < 4.78 is 31.4. The average molecular weight is 388 g/mol. The number of sulfonamides is 1. The molecule has 0 spiro atoms. The third-order valence-corrected chi connectivity index (χ3v) is 6.50. The monoisotopic (exact) mass is 388 g/mol. The second-order valence-corrected chi connectivity index (χ2v) is 8.76. The highest BCUT2D eigenvalue weighted by molar-refractivity contribution is 7.92. The van der Waals surface area contributed by atoms with E-state index < -0.39 is 10.0 Å². The third kappa shape index (κ3) is 3.93. The van der Waals surface area contributed by atoms with Gasteiger partial charge in [-0.2, -0.15) is 0 Å². The van der Waals surface area contributed by atoms with Gasteiger partial charge in [0, 0.05) is 12.1 Å². The molecule has 1 amide bonds. The number of nitrogens with one attached hydrogen (secondary N) is 1. The van der Waals surface area contributed by atoms with Crippen LogP contribution in [-0.2, 0) is 16.4 Å². The molecule has 6 nitrogen and oxygen atoms in total. The van der Waals surface area contributed by atoms with Gasteiger partial charge in [-0.05, 0) is 68.1 Å². The Hall–Kier alpha value is -2.54. The van der Waals surface area contributed by atoms with Gasteiger partial charge in [0.25, 0.3) is 5.91 Å². The summed E-state index contributed by atoms with van der Waals surface area (Å²) in [5.74, 6) is 0.395. The number of carbonyl (C=O) groups excluding carboxylic acids is 1. The molecule has 1 heterocycles. The van der Waals surface area contributed by atoms with Crippen molar-refractivity contribution in [1.29, 1.82) is 0 Å². The highest BCUT2D eigenvalue weighted by atomic mass is 32.2. The van der Waals surface area contributed by atoms with E-state index >= 15 is 0 Å². The topological polar surface area (TPSA) is 75.7 Å². The number of ether oxygens (including phenoxy) is 1. The van der Waals surface area contributed by atoms with Gasteiger partial charge in [-0.3, -0.25) is 9.10 Å². The zero-order chi connectivity index (χ0) is 19.6. The molecule has 0 unspecified atom stereocenters. The summed E-state index contributed by atoms with van der Waals surface area (Å²) >= 11 is 0. The van der Waals surface area contributed by atoms with Gasteiger partial charge in [-0.15, -0.1) is 0 Å². The van der Waals surface area contributed by atoms with Crippen LogP contribution in [0, 0.1) is 6.92 Å². The van der Waals surface area contributed by atoms with Crippen LogP contribution >= 0.6 is 0 Å². The van der Waals surface area contributed by atoms with Crippen molar-refractivity contribution in [3.63, 3.8) is 0 Å². The van der Waals surface area contributed by atoms with E-state index in [1.54, 1.807) is 32.2 Å². The fourth-order valence-electron chi connectivity index (χ4n) is 3.26. The number of hydrogen-bond donors (Lipinski definition) is 1. The quantitative estimate of drug-likeness (QED) is 0.852. The van der Waals surface area contributed by atoms with E-state index in [2.05, 4.69) is 5.32 Å². The lowest BCUT2D eigenvalue weighted by Gasteiger charge is -2.30. The van der Waals surface area contributed by atoms with Crippen LogP contribution in [0.2, 0.25) is 0 Å². The predicted molar refractivity (Wildman–Crippen MR) is 107 cm³/mol. The summed E-state index contributed by atoms with van der Waals surface area (Å²) in [5, 5.41) is 2.88. The van der Waals surface area contributed by atoms with E-state index in [1.165, 1.54) is 4.31 Å².